The number of hydrogen-bond acceptors (Lipinski definition) is 3. The molecule has 2 amide bonds. The lowest BCUT2D eigenvalue weighted by molar-refractivity contribution is -0.126. The van der Waals surface area contributed by atoms with E-state index >= 15 is 0 Å². The van der Waals surface area contributed by atoms with Crippen molar-refractivity contribution in [3.8, 4) is 0 Å². The molecular weight excluding hydrogens is 242 g/mol. The minimum atomic E-state index is -0.411. The minimum absolute atomic E-state index is 0.0266. The SMILES string of the molecule is CCc1ccc2c(c1)N(C)C(=O)C1CNCC(=O)N21. The van der Waals surface area contributed by atoms with Gasteiger partial charge in [-0.15, -0.1) is 0 Å². The van der Waals surface area contributed by atoms with Gasteiger partial charge >= 0.3 is 0 Å². The molecule has 3 rings (SSSR count). The van der Waals surface area contributed by atoms with Crippen molar-refractivity contribution in [3.63, 3.8) is 0 Å². The number of hydrogen-bond donors (Lipinski definition) is 1. The number of carbonyl (C=O) groups is 2. The number of fused-ring (bicyclic) bond motifs is 3. The summed E-state index contributed by atoms with van der Waals surface area (Å²) in [5.74, 6) is -0.0653. The smallest absolute Gasteiger partial charge is 0.251 e. The molecule has 1 unspecified atom stereocenters. The highest BCUT2D eigenvalue weighted by Crippen LogP contribution is 2.36. The lowest BCUT2D eigenvalue weighted by Crippen LogP contribution is -2.63. The van der Waals surface area contributed by atoms with E-state index in [1.165, 1.54) is 5.56 Å². The zero-order chi connectivity index (χ0) is 13.6. The van der Waals surface area contributed by atoms with E-state index in [0.29, 0.717) is 13.1 Å². The molecule has 0 bridgehead atoms. The van der Waals surface area contributed by atoms with Crippen LogP contribution in [0.15, 0.2) is 18.2 Å². The first-order chi connectivity index (χ1) is 9.13. The summed E-state index contributed by atoms with van der Waals surface area (Å²) in [6.45, 7) is 2.89. The molecule has 0 aliphatic carbocycles. The Kier molecular flexibility index (Phi) is 2.78. The third kappa shape index (κ3) is 1.73. The largest absolute Gasteiger partial charge is 0.312 e. The Morgan fingerprint density at radius 3 is 2.84 bits per heavy atom. The zero-order valence-electron chi connectivity index (χ0n) is 11.1. The van der Waals surface area contributed by atoms with E-state index in [1.807, 2.05) is 18.2 Å². The number of benzene rings is 1. The molecule has 100 valence electrons. The van der Waals surface area contributed by atoms with E-state index in [4.69, 9.17) is 0 Å². The van der Waals surface area contributed by atoms with Crippen molar-refractivity contribution in [1.82, 2.24) is 5.32 Å². The van der Waals surface area contributed by atoms with Gasteiger partial charge in [-0.05, 0) is 24.1 Å². The van der Waals surface area contributed by atoms with Crippen molar-refractivity contribution >= 4 is 23.2 Å². The molecule has 2 aliphatic rings. The third-order valence-electron chi connectivity index (χ3n) is 3.88. The van der Waals surface area contributed by atoms with Gasteiger partial charge in [-0.3, -0.25) is 14.5 Å². The number of aryl methyl sites for hydroxylation is 1. The first-order valence-electron chi connectivity index (χ1n) is 6.56. The predicted molar refractivity (Wildman–Crippen MR) is 73.4 cm³/mol. The monoisotopic (exact) mass is 259 g/mol. The van der Waals surface area contributed by atoms with Gasteiger partial charge in [0.1, 0.15) is 6.04 Å². The van der Waals surface area contributed by atoms with Crippen molar-refractivity contribution in [2.45, 2.75) is 19.4 Å². The van der Waals surface area contributed by atoms with Gasteiger partial charge in [0.05, 0.1) is 17.9 Å². The van der Waals surface area contributed by atoms with Crippen LogP contribution in [0.25, 0.3) is 0 Å². The van der Waals surface area contributed by atoms with Crippen LogP contribution in [0.4, 0.5) is 11.4 Å². The fourth-order valence-corrected chi connectivity index (χ4v) is 2.77. The Morgan fingerprint density at radius 2 is 2.11 bits per heavy atom. The highest BCUT2D eigenvalue weighted by atomic mass is 16.2. The summed E-state index contributed by atoms with van der Waals surface area (Å²) in [5, 5.41) is 3.00. The molecule has 2 aliphatic heterocycles. The number of nitrogens with zero attached hydrogens (tertiary/aromatic N) is 2. The van der Waals surface area contributed by atoms with Crippen molar-refractivity contribution in [3.05, 3.63) is 23.8 Å². The van der Waals surface area contributed by atoms with Gasteiger partial charge in [0, 0.05) is 13.6 Å². The van der Waals surface area contributed by atoms with Gasteiger partial charge in [-0.2, -0.15) is 0 Å². The van der Waals surface area contributed by atoms with E-state index in [2.05, 4.69) is 12.2 Å². The first-order valence-corrected chi connectivity index (χ1v) is 6.56. The number of carbonyl (C=O) groups excluding carboxylic acids is 2. The summed E-state index contributed by atoms with van der Waals surface area (Å²) in [6.07, 6.45) is 0.911. The highest BCUT2D eigenvalue weighted by Gasteiger charge is 2.41. The van der Waals surface area contributed by atoms with Crippen LogP contribution in [-0.2, 0) is 16.0 Å². The van der Waals surface area contributed by atoms with Crippen molar-refractivity contribution < 1.29 is 9.59 Å². The molecule has 1 fully saturated rings. The Bertz CT molecular complexity index is 556. The van der Waals surface area contributed by atoms with Gasteiger partial charge in [-0.25, -0.2) is 0 Å². The molecule has 1 saturated heterocycles. The van der Waals surface area contributed by atoms with E-state index < -0.39 is 6.04 Å². The molecular formula is C14H17N3O2. The number of piperazine rings is 1. The molecule has 0 aromatic heterocycles. The maximum atomic E-state index is 12.4. The molecule has 0 spiro atoms. The lowest BCUT2D eigenvalue weighted by Gasteiger charge is -2.43. The molecule has 19 heavy (non-hydrogen) atoms. The molecule has 2 heterocycles. The summed E-state index contributed by atoms with van der Waals surface area (Å²) in [4.78, 5) is 27.8. The van der Waals surface area contributed by atoms with Gasteiger partial charge in [0.15, 0.2) is 0 Å². The zero-order valence-corrected chi connectivity index (χ0v) is 11.1. The second kappa shape index (κ2) is 4.35. The normalized spacial score (nSPS) is 22.3. The van der Waals surface area contributed by atoms with Crippen molar-refractivity contribution in [1.29, 1.82) is 0 Å². The highest BCUT2D eigenvalue weighted by molar-refractivity contribution is 6.14. The van der Waals surface area contributed by atoms with Crippen LogP contribution in [0.3, 0.4) is 0 Å². The van der Waals surface area contributed by atoms with Crippen LogP contribution in [0, 0.1) is 0 Å². The number of likely N-dealkylation sites (N-methyl/N-ethyl adjacent to an activating group) is 1. The molecule has 1 N–H and O–H groups in total. The summed E-state index contributed by atoms with van der Waals surface area (Å²) in [6, 6.07) is 5.56. The maximum absolute atomic E-state index is 12.4. The topological polar surface area (TPSA) is 52.7 Å². The van der Waals surface area contributed by atoms with Crippen LogP contribution < -0.4 is 15.1 Å². The molecule has 5 nitrogen and oxygen atoms in total. The standard InChI is InChI=1S/C14H17N3O2/c1-3-9-4-5-10-11(6-9)16(2)14(19)12-7-15-8-13(18)17(10)12/h4-6,12,15H,3,7-8H2,1-2H3. The Morgan fingerprint density at radius 1 is 1.32 bits per heavy atom. The average molecular weight is 259 g/mol. The van der Waals surface area contributed by atoms with E-state index in [0.717, 1.165) is 17.8 Å². The minimum Gasteiger partial charge on any atom is -0.312 e. The van der Waals surface area contributed by atoms with Crippen LogP contribution in [0.5, 0.6) is 0 Å². The molecule has 0 radical (unpaired) electrons. The van der Waals surface area contributed by atoms with Crippen molar-refractivity contribution in [2.75, 3.05) is 29.9 Å². The van der Waals surface area contributed by atoms with E-state index in [9.17, 15) is 9.59 Å². The molecule has 0 saturated carbocycles. The third-order valence-corrected chi connectivity index (χ3v) is 3.88. The first kappa shape index (κ1) is 12.2. The van der Waals surface area contributed by atoms with Crippen LogP contribution in [-0.4, -0.2) is 38.0 Å². The van der Waals surface area contributed by atoms with E-state index in [1.54, 1.807) is 16.8 Å². The number of anilines is 2. The summed E-state index contributed by atoms with van der Waals surface area (Å²) >= 11 is 0. The number of nitrogens with one attached hydrogen (secondary N) is 1. The number of amides is 2. The number of rotatable bonds is 1. The summed E-state index contributed by atoms with van der Waals surface area (Å²) < 4.78 is 0. The van der Waals surface area contributed by atoms with Crippen LogP contribution >= 0.6 is 0 Å². The van der Waals surface area contributed by atoms with Gasteiger partial charge in [-0.1, -0.05) is 13.0 Å². The van der Waals surface area contributed by atoms with Gasteiger partial charge in [0.25, 0.3) is 5.91 Å². The Labute approximate surface area is 112 Å². The Hall–Kier alpha value is -1.88. The van der Waals surface area contributed by atoms with Gasteiger partial charge < -0.3 is 10.2 Å². The maximum Gasteiger partial charge on any atom is 0.251 e. The van der Waals surface area contributed by atoms with Gasteiger partial charge in [0.2, 0.25) is 5.91 Å². The quantitative estimate of drug-likeness (QED) is 0.800. The molecule has 1 aromatic rings. The average Bonchev–Trinajstić information content (AvgIpc) is 2.44. The van der Waals surface area contributed by atoms with Crippen LogP contribution in [0.1, 0.15) is 12.5 Å². The Balaban J connectivity index is 2.15. The second-order valence-electron chi connectivity index (χ2n) is 4.98. The summed E-state index contributed by atoms with van der Waals surface area (Å²) in [7, 11) is 1.77. The molecule has 1 atom stereocenters. The fourth-order valence-electron chi connectivity index (χ4n) is 2.77. The van der Waals surface area contributed by atoms with E-state index in [-0.39, 0.29) is 11.8 Å². The molecule has 5 heteroatoms. The fraction of sp³-hybridized carbons (Fsp3) is 0.429. The lowest BCUT2D eigenvalue weighted by atomic mass is 10.0. The predicted octanol–water partition coefficient (Wildman–Crippen LogP) is 0.530. The van der Waals surface area contributed by atoms with Crippen molar-refractivity contribution in [2.24, 2.45) is 0 Å². The molecule has 1 aromatic carbocycles. The second-order valence-corrected chi connectivity index (χ2v) is 4.98. The summed E-state index contributed by atoms with van der Waals surface area (Å²) in [5.41, 5.74) is 2.84. The van der Waals surface area contributed by atoms with Crippen LogP contribution in [0.2, 0.25) is 0 Å².